The van der Waals surface area contributed by atoms with Crippen molar-refractivity contribution in [1.82, 2.24) is 14.7 Å². The summed E-state index contributed by atoms with van der Waals surface area (Å²) in [5, 5.41) is 7.87. The molecule has 0 bridgehead atoms. The van der Waals surface area contributed by atoms with Crippen LogP contribution in [-0.2, 0) is 4.79 Å². The lowest BCUT2D eigenvalue weighted by Gasteiger charge is -2.23. The number of hydrogen-bond acceptors (Lipinski definition) is 3. The lowest BCUT2D eigenvalue weighted by atomic mass is 10.1. The first kappa shape index (κ1) is 17.3. The van der Waals surface area contributed by atoms with E-state index < -0.39 is 0 Å². The number of carbonyl (C=O) groups is 1. The maximum atomic E-state index is 12.7. The Labute approximate surface area is 155 Å². The van der Waals surface area contributed by atoms with Crippen molar-refractivity contribution in [3.8, 4) is 5.69 Å². The van der Waals surface area contributed by atoms with Crippen molar-refractivity contribution in [3.05, 3.63) is 42.1 Å². The number of hydrogen-bond donors (Lipinski definition) is 1. The van der Waals surface area contributed by atoms with E-state index in [0.29, 0.717) is 12.5 Å². The summed E-state index contributed by atoms with van der Waals surface area (Å²) in [6, 6.07) is 12.1. The maximum absolute atomic E-state index is 12.7. The van der Waals surface area contributed by atoms with Crippen LogP contribution in [0.3, 0.4) is 0 Å². The van der Waals surface area contributed by atoms with Gasteiger partial charge in [-0.3, -0.25) is 9.69 Å². The first-order valence-corrected chi connectivity index (χ1v) is 9.97. The largest absolute Gasteiger partial charge is 0.309 e. The number of para-hydroxylation sites is 1. The smallest absolute Gasteiger partial charge is 0.239 e. The summed E-state index contributed by atoms with van der Waals surface area (Å²) in [4.78, 5) is 15.0. The SMILES string of the molecule is O=C(CN1CCCCCCC1)Nc1cc(C2CC2)nn1-c1ccccc1. The van der Waals surface area contributed by atoms with Crippen LogP contribution in [-0.4, -0.2) is 40.2 Å². The van der Waals surface area contributed by atoms with Crippen molar-refractivity contribution in [2.45, 2.75) is 50.9 Å². The Kier molecular flexibility index (Phi) is 5.34. The molecule has 1 saturated heterocycles. The number of aromatic nitrogens is 2. The van der Waals surface area contributed by atoms with E-state index in [2.05, 4.69) is 16.3 Å². The second kappa shape index (κ2) is 8.04. The second-order valence-corrected chi connectivity index (χ2v) is 7.57. The van der Waals surface area contributed by atoms with Gasteiger partial charge < -0.3 is 5.32 Å². The third kappa shape index (κ3) is 4.33. The molecular formula is C21H28N4O. The summed E-state index contributed by atoms with van der Waals surface area (Å²) >= 11 is 0. The molecule has 26 heavy (non-hydrogen) atoms. The van der Waals surface area contributed by atoms with Gasteiger partial charge in [-0.15, -0.1) is 0 Å². The molecule has 138 valence electrons. The van der Waals surface area contributed by atoms with Crippen LogP contribution in [0.4, 0.5) is 5.82 Å². The topological polar surface area (TPSA) is 50.2 Å². The van der Waals surface area contributed by atoms with E-state index in [0.717, 1.165) is 30.3 Å². The third-order valence-electron chi connectivity index (χ3n) is 5.31. The van der Waals surface area contributed by atoms with Crippen molar-refractivity contribution in [1.29, 1.82) is 0 Å². The van der Waals surface area contributed by atoms with Crippen molar-refractivity contribution >= 4 is 11.7 Å². The van der Waals surface area contributed by atoms with Crippen LogP contribution in [0, 0.1) is 0 Å². The Morgan fingerprint density at radius 3 is 2.42 bits per heavy atom. The molecule has 1 saturated carbocycles. The lowest BCUT2D eigenvalue weighted by Crippen LogP contribution is -2.35. The Balaban J connectivity index is 1.47. The standard InChI is InChI=1S/C21H28N4O/c26-21(16-24-13-7-2-1-3-8-14-24)22-20-15-19(17-11-12-17)23-25(20)18-9-5-4-6-10-18/h4-6,9-10,15,17H,1-3,7-8,11-14,16H2,(H,22,26). The first-order chi connectivity index (χ1) is 12.8. The Hall–Kier alpha value is -2.14. The predicted octanol–water partition coefficient (Wildman–Crippen LogP) is 3.95. The van der Waals surface area contributed by atoms with E-state index in [-0.39, 0.29) is 5.91 Å². The van der Waals surface area contributed by atoms with E-state index in [1.165, 1.54) is 44.9 Å². The second-order valence-electron chi connectivity index (χ2n) is 7.57. The molecule has 1 aliphatic carbocycles. The summed E-state index contributed by atoms with van der Waals surface area (Å²) < 4.78 is 1.87. The Morgan fingerprint density at radius 2 is 1.73 bits per heavy atom. The lowest BCUT2D eigenvalue weighted by molar-refractivity contribution is -0.117. The molecule has 0 atom stereocenters. The molecule has 4 rings (SSSR count). The highest BCUT2D eigenvalue weighted by molar-refractivity contribution is 5.91. The summed E-state index contributed by atoms with van der Waals surface area (Å²) in [6.45, 7) is 2.52. The number of nitrogens with zero attached hydrogens (tertiary/aromatic N) is 3. The van der Waals surface area contributed by atoms with Gasteiger partial charge in [-0.2, -0.15) is 5.10 Å². The van der Waals surface area contributed by atoms with Gasteiger partial charge in [-0.1, -0.05) is 37.5 Å². The molecule has 1 aliphatic heterocycles. The Morgan fingerprint density at radius 1 is 1.04 bits per heavy atom. The van der Waals surface area contributed by atoms with Crippen molar-refractivity contribution < 1.29 is 4.79 Å². The van der Waals surface area contributed by atoms with E-state index in [9.17, 15) is 4.79 Å². The molecule has 5 nitrogen and oxygen atoms in total. The van der Waals surface area contributed by atoms with Crippen LogP contribution in [0.25, 0.3) is 5.69 Å². The zero-order valence-corrected chi connectivity index (χ0v) is 15.4. The fourth-order valence-electron chi connectivity index (χ4n) is 3.69. The van der Waals surface area contributed by atoms with Gasteiger partial charge in [0.25, 0.3) is 0 Å². The zero-order chi connectivity index (χ0) is 17.8. The summed E-state index contributed by atoms with van der Waals surface area (Å²) in [7, 11) is 0. The zero-order valence-electron chi connectivity index (χ0n) is 15.4. The normalized spacial score (nSPS) is 18.9. The molecule has 2 aliphatic rings. The van der Waals surface area contributed by atoms with E-state index in [1.807, 2.05) is 35.0 Å². The highest BCUT2D eigenvalue weighted by Crippen LogP contribution is 2.40. The molecular weight excluding hydrogens is 324 g/mol. The molecule has 1 amide bonds. The molecule has 2 fully saturated rings. The quantitative estimate of drug-likeness (QED) is 0.886. The number of rotatable bonds is 5. The number of anilines is 1. The number of carbonyl (C=O) groups excluding carboxylic acids is 1. The molecule has 1 N–H and O–H groups in total. The number of benzene rings is 1. The van der Waals surface area contributed by atoms with Gasteiger partial charge in [0.1, 0.15) is 5.82 Å². The molecule has 5 heteroatoms. The number of amides is 1. The molecule has 0 unspecified atom stereocenters. The minimum atomic E-state index is 0.0602. The van der Waals surface area contributed by atoms with Crippen LogP contribution in [0.5, 0.6) is 0 Å². The van der Waals surface area contributed by atoms with Gasteiger partial charge in [0, 0.05) is 12.0 Å². The van der Waals surface area contributed by atoms with Crippen LogP contribution >= 0.6 is 0 Å². The van der Waals surface area contributed by atoms with E-state index >= 15 is 0 Å². The summed E-state index contributed by atoms with van der Waals surface area (Å²) in [5.74, 6) is 1.41. The van der Waals surface area contributed by atoms with Crippen LogP contribution < -0.4 is 5.32 Å². The molecule has 1 aromatic carbocycles. The first-order valence-electron chi connectivity index (χ1n) is 9.97. The van der Waals surface area contributed by atoms with Crippen LogP contribution in [0.15, 0.2) is 36.4 Å². The average molecular weight is 352 g/mol. The van der Waals surface area contributed by atoms with Crippen molar-refractivity contribution in [2.24, 2.45) is 0 Å². The van der Waals surface area contributed by atoms with Gasteiger partial charge in [0.2, 0.25) is 5.91 Å². The molecule has 2 aromatic rings. The van der Waals surface area contributed by atoms with Gasteiger partial charge >= 0.3 is 0 Å². The number of nitrogens with one attached hydrogen (secondary N) is 1. The average Bonchev–Trinajstić information content (AvgIpc) is 3.39. The highest BCUT2D eigenvalue weighted by Gasteiger charge is 2.28. The van der Waals surface area contributed by atoms with Gasteiger partial charge in [-0.25, -0.2) is 4.68 Å². The molecule has 2 heterocycles. The summed E-state index contributed by atoms with van der Waals surface area (Å²) in [5.41, 5.74) is 2.08. The minimum Gasteiger partial charge on any atom is -0.309 e. The van der Waals surface area contributed by atoms with Gasteiger partial charge in [-0.05, 0) is 50.9 Å². The molecule has 0 radical (unpaired) electrons. The molecule has 1 aromatic heterocycles. The Bertz CT molecular complexity index is 728. The fourth-order valence-corrected chi connectivity index (χ4v) is 3.69. The van der Waals surface area contributed by atoms with Crippen molar-refractivity contribution in [3.63, 3.8) is 0 Å². The van der Waals surface area contributed by atoms with Crippen molar-refractivity contribution in [2.75, 3.05) is 25.0 Å². The van der Waals surface area contributed by atoms with Crippen LogP contribution in [0.2, 0.25) is 0 Å². The van der Waals surface area contributed by atoms with E-state index in [1.54, 1.807) is 0 Å². The number of likely N-dealkylation sites (tertiary alicyclic amines) is 1. The van der Waals surface area contributed by atoms with Crippen LogP contribution in [0.1, 0.15) is 56.6 Å². The monoisotopic (exact) mass is 352 g/mol. The van der Waals surface area contributed by atoms with Gasteiger partial charge in [0.15, 0.2) is 0 Å². The maximum Gasteiger partial charge on any atom is 0.239 e. The highest BCUT2D eigenvalue weighted by atomic mass is 16.2. The van der Waals surface area contributed by atoms with Gasteiger partial charge in [0.05, 0.1) is 17.9 Å². The predicted molar refractivity (Wildman–Crippen MR) is 104 cm³/mol. The van der Waals surface area contributed by atoms with E-state index in [4.69, 9.17) is 5.10 Å². The third-order valence-corrected chi connectivity index (χ3v) is 5.31. The fraction of sp³-hybridized carbons (Fsp3) is 0.524. The minimum absolute atomic E-state index is 0.0602. The summed E-state index contributed by atoms with van der Waals surface area (Å²) in [6.07, 6.45) is 8.69. The molecule has 0 spiro atoms.